The number of fused-ring (bicyclic) bond motifs is 2. The van der Waals surface area contributed by atoms with Crippen LogP contribution < -0.4 is 5.32 Å². The van der Waals surface area contributed by atoms with Crippen LogP contribution >= 0.6 is 11.3 Å². The van der Waals surface area contributed by atoms with Crippen molar-refractivity contribution < 1.29 is 0 Å². The maximum absolute atomic E-state index is 5.07. The topological polar surface area (TPSA) is 30.9 Å². The van der Waals surface area contributed by atoms with Gasteiger partial charge >= 0.3 is 0 Å². The van der Waals surface area contributed by atoms with Crippen LogP contribution in [0.4, 0.5) is 16.4 Å². The van der Waals surface area contributed by atoms with Crippen LogP contribution in [0.25, 0.3) is 0 Å². The van der Waals surface area contributed by atoms with Gasteiger partial charge in [-0.25, -0.2) is 4.99 Å². The molecule has 0 aliphatic carbocycles. The van der Waals surface area contributed by atoms with Crippen molar-refractivity contribution in [1.82, 2.24) is 9.80 Å². The first kappa shape index (κ1) is 14.7. The third-order valence-corrected chi connectivity index (χ3v) is 5.74. The first-order chi connectivity index (χ1) is 11.2. The number of benzene rings is 1. The van der Waals surface area contributed by atoms with Crippen LogP contribution in [-0.2, 0) is 6.42 Å². The van der Waals surface area contributed by atoms with Crippen LogP contribution in [0, 0.1) is 0 Å². The highest BCUT2D eigenvalue weighted by atomic mass is 32.1. The number of thiophene rings is 1. The molecule has 1 aromatic heterocycles. The van der Waals surface area contributed by atoms with Gasteiger partial charge in [-0.3, -0.25) is 0 Å². The Balaban J connectivity index is 1.80. The van der Waals surface area contributed by atoms with Gasteiger partial charge in [-0.1, -0.05) is 19.1 Å². The average Bonchev–Trinajstić information content (AvgIpc) is 2.89. The highest BCUT2D eigenvalue weighted by molar-refractivity contribution is 7.16. The summed E-state index contributed by atoms with van der Waals surface area (Å²) in [5.41, 5.74) is 3.45. The zero-order valence-corrected chi connectivity index (χ0v) is 14.5. The van der Waals surface area contributed by atoms with E-state index in [1.165, 1.54) is 15.4 Å². The van der Waals surface area contributed by atoms with Gasteiger partial charge in [-0.05, 0) is 31.7 Å². The Labute approximate surface area is 141 Å². The fourth-order valence-corrected chi connectivity index (χ4v) is 4.07. The molecular formula is C18H22N4S. The van der Waals surface area contributed by atoms with Gasteiger partial charge in [0.25, 0.3) is 0 Å². The summed E-state index contributed by atoms with van der Waals surface area (Å²) in [5.74, 6) is 1.11. The van der Waals surface area contributed by atoms with E-state index in [9.17, 15) is 0 Å². The van der Waals surface area contributed by atoms with Crippen molar-refractivity contribution in [3.8, 4) is 0 Å². The summed E-state index contributed by atoms with van der Waals surface area (Å²) in [7, 11) is 2.19. The molecule has 1 aromatic carbocycles. The zero-order chi connectivity index (χ0) is 15.8. The lowest BCUT2D eigenvalue weighted by Gasteiger charge is -2.34. The van der Waals surface area contributed by atoms with Gasteiger partial charge in [0.15, 0.2) is 0 Å². The van der Waals surface area contributed by atoms with E-state index >= 15 is 0 Å². The predicted octanol–water partition coefficient (Wildman–Crippen LogP) is 3.69. The fourth-order valence-electron chi connectivity index (χ4n) is 3.12. The molecule has 2 aliphatic heterocycles. The van der Waals surface area contributed by atoms with Crippen LogP contribution in [0.15, 0.2) is 35.3 Å². The number of hydrogen-bond donors (Lipinski definition) is 1. The molecule has 23 heavy (non-hydrogen) atoms. The summed E-state index contributed by atoms with van der Waals surface area (Å²) in [5, 5.41) is 4.77. The molecule has 0 bridgehead atoms. The van der Waals surface area contributed by atoms with Gasteiger partial charge in [-0.2, -0.15) is 0 Å². The molecule has 4 rings (SSSR count). The zero-order valence-electron chi connectivity index (χ0n) is 13.7. The number of para-hydroxylation sites is 1. The number of anilines is 2. The van der Waals surface area contributed by atoms with Crippen molar-refractivity contribution in [3.63, 3.8) is 0 Å². The van der Waals surface area contributed by atoms with E-state index in [0.717, 1.165) is 49.8 Å². The number of likely N-dealkylation sites (N-methyl/N-ethyl adjacent to an activating group) is 1. The molecule has 0 saturated carbocycles. The summed E-state index contributed by atoms with van der Waals surface area (Å²) >= 11 is 1.82. The van der Waals surface area contributed by atoms with Gasteiger partial charge in [0.05, 0.1) is 5.69 Å². The van der Waals surface area contributed by atoms with E-state index < -0.39 is 0 Å². The number of rotatable bonds is 1. The van der Waals surface area contributed by atoms with Crippen LogP contribution in [0.3, 0.4) is 0 Å². The van der Waals surface area contributed by atoms with Crippen molar-refractivity contribution in [3.05, 3.63) is 40.8 Å². The number of aliphatic imine (C=N–C) groups is 1. The quantitative estimate of drug-likeness (QED) is 0.867. The van der Waals surface area contributed by atoms with Crippen molar-refractivity contribution in [2.75, 3.05) is 38.5 Å². The van der Waals surface area contributed by atoms with Gasteiger partial charge in [-0.15, -0.1) is 11.3 Å². The van der Waals surface area contributed by atoms with Crippen LogP contribution in [0.5, 0.6) is 0 Å². The largest absolute Gasteiger partial charge is 0.353 e. The highest BCUT2D eigenvalue weighted by Gasteiger charge is 2.24. The fraction of sp³-hybridized carbons (Fsp3) is 0.389. The first-order valence-electron chi connectivity index (χ1n) is 8.26. The first-order valence-corrected chi connectivity index (χ1v) is 9.07. The summed E-state index contributed by atoms with van der Waals surface area (Å²) in [6.07, 6.45) is 1.06. The third-order valence-electron chi connectivity index (χ3n) is 4.56. The molecule has 0 spiro atoms. The van der Waals surface area contributed by atoms with Crippen LogP contribution in [-0.4, -0.2) is 48.9 Å². The molecule has 1 N–H and O–H groups in total. The van der Waals surface area contributed by atoms with Gasteiger partial charge < -0.3 is 15.1 Å². The molecule has 3 heterocycles. The minimum atomic E-state index is 1.03. The number of hydrogen-bond acceptors (Lipinski definition) is 5. The average molecular weight is 326 g/mol. The summed E-state index contributed by atoms with van der Waals surface area (Å²) in [6, 6.07) is 10.8. The predicted molar refractivity (Wildman–Crippen MR) is 98.7 cm³/mol. The standard InChI is InChI=1S/C18H22N4S/c1-3-13-12-16-18(23-13)20-15-7-5-4-6-14(15)17(19-16)22-10-8-21(2)9-11-22/h4-7,12,20H,3,8-11H2,1-2H3. The van der Waals surface area contributed by atoms with Crippen molar-refractivity contribution >= 4 is 33.5 Å². The van der Waals surface area contributed by atoms with E-state index in [1.54, 1.807) is 0 Å². The van der Waals surface area contributed by atoms with Gasteiger partial charge in [0.1, 0.15) is 16.5 Å². The van der Waals surface area contributed by atoms with Crippen molar-refractivity contribution in [1.29, 1.82) is 0 Å². The lowest BCUT2D eigenvalue weighted by Crippen LogP contribution is -2.47. The lowest BCUT2D eigenvalue weighted by molar-refractivity contribution is 0.216. The molecule has 5 heteroatoms. The normalized spacial score (nSPS) is 17.8. The Kier molecular flexibility index (Phi) is 3.83. The minimum absolute atomic E-state index is 1.03. The number of aryl methyl sites for hydroxylation is 1. The third kappa shape index (κ3) is 2.75. The SMILES string of the molecule is CCc1cc2c(s1)Nc1ccccc1C(N1CCN(C)CC1)=N2. The molecular weight excluding hydrogens is 304 g/mol. The Morgan fingerprint density at radius 3 is 2.74 bits per heavy atom. The number of nitrogens with zero attached hydrogens (tertiary/aromatic N) is 3. The minimum Gasteiger partial charge on any atom is -0.353 e. The lowest BCUT2D eigenvalue weighted by atomic mass is 10.1. The molecule has 0 amide bonds. The molecule has 0 radical (unpaired) electrons. The molecule has 1 fully saturated rings. The Hall–Kier alpha value is -1.85. The Morgan fingerprint density at radius 1 is 1.17 bits per heavy atom. The molecule has 2 aliphatic rings. The second-order valence-electron chi connectivity index (χ2n) is 6.18. The van der Waals surface area contributed by atoms with E-state index in [1.807, 2.05) is 11.3 Å². The molecule has 2 aromatic rings. The second-order valence-corrected chi connectivity index (χ2v) is 7.31. The molecule has 0 unspecified atom stereocenters. The van der Waals surface area contributed by atoms with Crippen LogP contribution in [0.1, 0.15) is 17.4 Å². The smallest absolute Gasteiger partial charge is 0.138 e. The van der Waals surface area contributed by atoms with E-state index in [-0.39, 0.29) is 0 Å². The number of amidine groups is 1. The molecule has 120 valence electrons. The highest BCUT2D eigenvalue weighted by Crippen LogP contribution is 2.41. The maximum atomic E-state index is 5.07. The van der Waals surface area contributed by atoms with E-state index in [0.29, 0.717) is 0 Å². The van der Waals surface area contributed by atoms with E-state index in [4.69, 9.17) is 4.99 Å². The Bertz CT molecular complexity index is 741. The summed E-state index contributed by atoms with van der Waals surface area (Å²) in [4.78, 5) is 11.3. The molecule has 1 saturated heterocycles. The van der Waals surface area contributed by atoms with Crippen LogP contribution in [0.2, 0.25) is 0 Å². The monoisotopic (exact) mass is 326 g/mol. The Morgan fingerprint density at radius 2 is 1.96 bits per heavy atom. The van der Waals surface area contributed by atoms with Crippen molar-refractivity contribution in [2.24, 2.45) is 4.99 Å². The van der Waals surface area contributed by atoms with Crippen molar-refractivity contribution in [2.45, 2.75) is 13.3 Å². The van der Waals surface area contributed by atoms with E-state index in [2.05, 4.69) is 59.4 Å². The maximum Gasteiger partial charge on any atom is 0.138 e. The number of piperazine rings is 1. The molecule has 4 nitrogen and oxygen atoms in total. The van der Waals surface area contributed by atoms with Gasteiger partial charge in [0, 0.05) is 36.6 Å². The van der Waals surface area contributed by atoms with Gasteiger partial charge in [0.2, 0.25) is 0 Å². The summed E-state index contributed by atoms with van der Waals surface area (Å²) < 4.78 is 0. The second kappa shape index (κ2) is 5.98. The summed E-state index contributed by atoms with van der Waals surface area (Å²) in [6.45, 7) is 6.44. The molecule has 0 atom stereocenters. The number of nitrogens with one attached hydrogen (secondary N) is 1.